The Morgan fingerprint density at radius 3 is 2.17 bits per heavy atom. The zero-order valence-electron chi connectivity index (χ0n) is 27.0. The molecule has 3 aromatic heterocycles. The van der Waals surface area contributed by atoms with Gasteiger partial charge in [0.1, 0.15) is 0 Å². The number of benzene rings is 4. The normalized spacial score (nSPS) is 11.3. The molecule has 46 heavy (non-hydrogen) atoms. The topological polar surface area (TPSA) is 25.8 Å². The summed E-state index contributed by atoms with van der Waals surface area (Å²) in [6.45, 7) is 11.7. The minimum absolute atomic E-state index is 0. The van der Waals surface area contributed by atoms with E-state index in [0.717, 1.165) is 28.9 Å². The van der Waals surface area contributed by atoms with Crippen molar-refractivity contribution in [1.29, 1.82) is 0 Å². The Hall–Kier alpha value is -3.73. The first-order valence-electron chi connectivity index (χ1n) is 15.6. The van der Waals surface area contributed by atoms with E-state index in [1.807, 2.05) is 60.0 Å². The van der Waals surface area contributed by atoms with Crippen molar-refractivity contribution in [2.75, 3.05) is 0 Å². The third kappa shape index (κ3) is 7.45. The van der Waals surface area contributed by atoms with Crippen molar-refractivity contribution < 1.29 is 20.1 Å². The molecule has 0 aliphatic heterocycles. The van der Waals surface area contributed by atoms with E-state index in [1.165, 1.54) is 42.0 Å². The number of nitrogens with zero attached hydrogens (tertiary/aromatic N) is 2. The van der Waals surface area contributed by atoms with Crippen LogP contribution in [0.5, 0.6) is 0 Å². The molecular formula is C41H38IrN2SSi-2. The molecule has 0 spiro atoms. The maximum atomic E-state index is 4.69. The summed E-state index contributed by atoms with van der Waals surface area (Å²) in [7, 11) is -1.34. The van der Waals surface area contributed by atoms with E-state index in [0.29, 0.717) is 5.92 Å². The van der Waals surface area contributed by atoms with Crippen LogP contribution in [0.3, 0.4) is 0 Å². The largest absolute Gasteiger partial charge is 0.305 e. The molecule has 0 atom stereocenters. The van der Waals surface area contributed by atoms with Gasteiger partial charge >= 0.3 is 0 Å². The molecule has 0 unspecified atom stereocenters. The third-order valence-corrected chi connectivity index (χ3v) is 11.2. The zero-order valence-corrected chi connectivity index (χ0v) is 31.2. The summed E-state index contributed by atoms with van der Waals surface area (Å²) in [6.07, 6.45) is 5.08. The average Bonchev–Trinajstić information content (AvgIpc) is 3.45. The van der Waals surface area contributed by atoms with E-state index in [9.17, 15) is 0 Å². The summed E-state index contributed by atoms with van der Waals surface area (Å²) < 4.78 is 2.57. The Kier molecular flexibility index (Phi) is 10.8. The van der Waals surface area contributed by atoms with Crippen LogP contribution in [0.2, 0.25) is 19.6 Å². The van der Waals surface area contributed by atoms with Gasteiger partial charge in [-0.25, -0.2) is 0 Å². The fourth-order valence-corrected chi connectivity index (χ4v) is 8.72. The van der Waals surface area contributed by atoms with Crippen LogP contribution in [0.25, 0.3) is 53.8 Å². The molecule has 0 bridgehead atoms. The first-order valence-corrected chi connectivity index (χ1v) is 19.9. The summed E-state index contributed by atoms with van der Waals surface area (Å²) in [5, 5.41) is 4.07. The predicted molar refractivity (Wildman–Crippen MR) is 197 cm³/mol. The molecule has 3 heterocycles. The molecule has 0 aliphatic carbocycles. The van der Waals surface area contributed by atoms with Crippen LogP contribution < -0.4 is 5.19 Å². The van der Waals surface area contributed by atoms with E-state index in [-0.39, 0.29) is 20.1 Å². The number of aromatic nitrogens is 2. The van der Waals surface area contributed by atoms with Gasteiger partial charge in [-0.3, -0.25) is 0 Å². The fraction of sp³-hybridized carbons (Fsp3) is 0.171. The molecule has 0 saturated carbocycles. The molecular weight excluding hydrogens is 773 g/mol. The maximum Gasteiger partial charge on any atom is 0.0798 e. The van der Waals surface area contributed by atoms with E-state index in [2.05, 4.69) is 129 Å². The number of rotatable bonds is 6. The molecule has 0 amide bonds. The minimum Gasteiger partial charge on any atom is -0.305 e. The van der Waals surface area contributed by atoms with Crippen molar-refractivity contribution in [3.8, 4) is 33.6 Å². The van der Waals surface area contributed by atoms with Crippen molar-refractivity contribution in [2.24, 2.45) is 5.92 Å². The first-order chi connectivity index (χ1) is 21.8. The quantitative estimate of drug-likeness (QED) is 0.124. The second kappa shape index (κ2) is 14.8. The molecule has 0 fully saturated rings. The van der Waals surface area contributed by atoms with Gasteiger partial charge in [-0.2, -0.15) is 11.3 Å². The van der Waals surface area contributed by atoms with Gasteiger partial charge in [0.05, 0.1) is 8.07 Å². The summed E-state index contributed by atoms with van der Waals surface area (Å²) in [6, 6.07) is 44.4. The molecule has 0 saturated heterocycles. The van der Waals surface area contributed by atoms with Crippen LogP contribution in [-0.4, -0.2) is 18.0 Å². The molecule has 1 radical (unpaired) electrons. The standard InChI is InChI=1S/C23H14NS.C18H24NSi.Ir/c1-2-8-16(9-3-1)17-10-6-11-18-19-12-7-13-20(23(19)25-22(17)18)21-14-4-5-15-24-21;1-14(2)11-16-12-17(15-9-7-6-8-10-15)19-13-18(16)20(3,4)5;/h1-12,14-15H;6-9,12-14H,11H2,1-5H3;/q2*-1;. The second-order valence-electron chi connectivity index (χ2n) is 12.8. The van der Waals surface area contributed by atoms with Gasteiger partial charge in [0.2, 0.25) is 0 Å². The van der Waals surface area contributed by atoms with E-state index in [4.69, 9.17) is 0 Å². The molecule has 4 aromatic carbocycles. The van der Waals surface area contributed by atoms with E-state index < -0.39 is 8.07 Å². The Morgan fingerprint density at radius 2 is 1.48 bits per heavy atom. The van der Waals surface area contributed by atoms with Crippen LogP contribution >= 0.6 is 11.3 Å². The van der Waals surface area contributed by atoms with Gasteiger partial charge in [-0.1, -0.05) is 111 Å². The van der Waals surface area contributed by atoms with Crippen LogP contribution in [-0.2, 0) is 26.5 Å². The first kappa shape index (κ1) is 33.6. The summed E-state index contributed by atoms with van der Waals surface area (Å²) in [4.78, 5) is 9.21. The van der Waals surface area contributed by atoms with Gasteiger partial charge < -0.3 is 9.97 Å². The van der Waals surface area contributed by atoms with Crippen molar-refractivity contribution in [2.45, 2.75) is 39.9 Å². The van der Waals surface area contributed by atoms with Crippen molar-refractivity contribution >= 4 is 44.8 Å². The number of hydrogen-bond donors (Lipinski definition) is 0. The average molecular weight is 811 g/mol. The number of hydrogen-bond acceptors (Lipinski definition) is 3. The number of fused-ring (bicyclic) bond motifs is 3. The van der Waals surface area contributed by atoms with Crippen LogP contribution in [0.1, 0.15) is 19.4 Å². The van der Waals surface area contributed by atoms with Gasteiger partial charge in [0, 0.05) is 37.2 Å². The van der Waals surface area contributed by atoms with Crippen LogP contribution in [0, 0.1) is 18.1 Å². The Bertz CT molecular complexity index is 1940. The fourth-order valence-electron chi connectivity index (χ4n) is 5.79. The summed E-state index contributed by atoms with van der Waals surface area (Å²) >= 11 is 1.83. The summed E-state index contributed by atoms with van der Waals surface area (Å²) in [5.74, 6) is 0.667. The molecule has 0 N–H and O–H groups in total. The molecule has 233 valence electrons. The maximum absolute atomic E-state index is 4.69. The minimum atomic E-state index is -1.34. The Labute approximate surface area is 292 Å². The molecule has 0 aliphatic rings. The molecule has 7 aromatic rings. The van der Waals surface area contributed by atoms with Gasteiger partial charge in [0.15, 0.2) is 0 Å². The van der Waals surface area contributed by atoms with Crippen molar-refractivity contribution in [3.05, 3.63) is 139 Å². The van der Waals surface area contributed by atoms with Gasteiger partial charge in [-0.15, -0.1) is 59.7 Å². The van der Waals surface area contributed by atoms with Gasteiger partial charge in [0.25, 0.3) is 0 Å². The molecule has 7 rings (SSSR count). The SMILES string of the molecule is CC(C)Cc1cc(-c2[c-]cccc2)ncc1[Si](C)(C)C.[Ir].[c-]1ccc2c(sc3c(-c4ccccc4)cccc32)c1-c1ccccn1. The van der Waals surface area contributed by atoms with Crippen molar-refractivity contribution in [3.63, 3.8) is 0 Å². The Morgan fingerprint density at radius 1 is 0.717 bits per heavy atom. The monoisotopic (exact) mass is 811 g/mol. The second-order valence-corrected chi connectivity index (χ2v) is 18.9. The number of thiophene rings is 1. The zero-order chi connectivity index (χ0) is 31.4. The van der Waals surface area contributed by atoms with Crippen molar-refractivity contribution in [1.82, 2.24) is 9.97 Å². The third-order valence-electron chi connectivity index (χ3n) is 7.88. The van der Waals surface area contributed by atoms with E-state index >= 15 is 0 Å². The molecule has 5 heteroatoms. The Balaban J connectivity index is 0.000000182. The summed E-state index contributed by atoms with van der Waals surface area (Å²) in [5.41, 5.74) is 8.19. The van der Waals surface area contributed by atoms with Crippen LogP contribution in [0.15, 0.2) is 122 Å². The van der Waals surface area contributed by atoms with Crippen LogP contribution in [0.4, 0.5) is 0 Å². The van der Waals surface area contributed by atoms with Gasteiger partial charge in [-0.05, 0) is 56.2 Å². The predicted octanol–water partition coefficient (Wildman–Crippen LogP) is 10.9. The molecule has 2 nitrogen and oxygen atoms in total. The number of pyridine rings is 2. The smallest absolute Gasteiger partial charge is 0.0798 e. The van der Waals surface area contributed by atoms with E-state index in [1.54, 1.807) is 0 Å².